The zero-order valence-corrected chi connectivity index (χ0v) is 6.19. The van der Waals surface area contributed by atoms with Gasteiger partial charge in [0, 0.05) is 13.0 Å². The highest BCUT2D eigenvalue weighted by atomic mass is 14.9. The average molecular weight is 135 g/mol. The minimum absolute atomic E-state index is 0.789. The second-order valence-electron chi connectivity index (χ2n) is 2.55. The molecule has 1 aliphatic rings. The first kappa shape index (κ1) is 7.37. The summed E-state index contributed by atoms with van der Waals surface area (Å²) in [4.78, 5) is 0. The van der Waals surface area contributed by atoms with Crippen LogP contribution in [0.1, 0.15) is 19.3 Å². The largest absolute Gasteiger partial charge is 0.313 e. The zero-order chi connectivity index (χ0) is 7.23. The van der Waals surface area contributed by atoms with Gasteiger partial charge in [-0.15, -0.1) is 12.3 Å². The normalized spacial score (nSPS) is 22.5. The maximum absolute atomic E-state index is 5.13. The van der Waals surface area contributed by atoms with Gasteiger partial charge < -0.3 is 5.32 Å². The summed E-state index contributed by atoms with van der Waals surface area (Å²) in [5.41, 5.74) is 1.48. The van der Waals surface area contributed by atoms with E-state index in [9.17, 15) is 0 Å². The molecule has 0 radical (unpaired) electrons. The Morgan fingerprint density at radius 1 is 1.70 bits per heavy atom. The fourth-order valence-electron chi connectivity index (χ4n) is 1.16. The summed E-state index contributed by atoms with van der Waals surface area (Å²) in [5.74, 6) is 2.61. The zero-order valence-electron chi connectivity index (χ0n) is 6.19. The highest BCUT2D eigenvalue weighted by Crippen LogP contribution is 2.08. The number of nitrogens with one attached hydrogen (secondary N) is 1. The van der Waals surface area contributed by atoms with E-state index in [0.717, 1.165) is 19.5 Å². The van der Waals surface area contributed by atoms with Crippen molar-refractivity contribution in [3.05, 3.63) is 11.6 Å². The number of terminal acetylenes is 1. The molecule has 1 rings (SSSR count). The van der Waals surface area contributed by atoms with Gasteiger partial charge >= 0.3 is 0 Å². The van der Waals surface area contributed by atoms with E-state index in [-0.39, 0.29) is 0 Å². The van der Waals surface area contributed by atoms with E-state index >= 15 is 0 Å². The summed E-state index contributed by atoms with van der Waals surface area (Å²) >= 11 is 0. The number of rotatable bonds is 1. The molecular formula is C9H13N. The molecule has 1 heteroatoms. The number of piperidine rings is 1. The van der Waals surface area contributed by atoms with Crippen molar-refractivity contribution in [1.29, 1.82) is 0 Å². The molecule has 0 aliphatic carbocycles. The molecule has 1 N–H and O–H groups in total. The van der Waals surface area contributed by atoms with E-state index in [2.05, 4.69) is 17.3 Å². The lowest BCUT2D eigenvalue weighted by Crippen LogP contribution is -2.23. The van der Waals surface area contributed by atoms with Crippen LogP contribution in [0.15, 0.2) is 11.6 Å². The lowest BCUT2D eigenvalue weighted by Gasteiger charge is -2.14. The molecule has 0 saturated carbocycles. The molecule has 0 aromatic heterocycles. The standard InChI is InChI=1S/C9H13N/c1-2-3-5-9-6-4-7-10-8-9/h1,5,10H,3-4,6-8H2/b9-5-. The van der Waals surface area contributed by atoms with Crippen LogP contribution in [0, 0.1) is 12.3 Å². The summed E-state index contributed by atoms with van der Waals surface area (Å²) in [6.45, 7) is 2.20. The maximum atomic E-state index is 5.13. The predicted octanol–water partition coefficient (Wildman–Crippen LogP) is 1.32. The summed E-state index contributed by atoms with van der Waals surface area (Å²) in [6, 6.07) is 0. The van der Waals surface area contributed by atoms with Crippen LogP contribution in [-0.2, 0) is 0 Å². The van der Waals surface area contributed by atoms with Crippen molar-refractivity contribution >= 4 is 0 Å². The molecule has 0 spiro atoms. The maximum Gasteiger partial charge on any atom is 0.0270 e. The summed E-state index contributed by atoms with van der Waals surface area (Å²) in [5, 5.41) is 3.31. The van der Waals surface area contributed by atoms with E-state index in [1.54, 1.807) is 0 Å². The minimum Gasteiger partial charge on any atom is -0.313 e. The second-order valence-corrected chi connectivity index (χ2v) is 2.55. The molecule has 1 heterocycles. The van der Waals surface area contributed by atoms with Crippen molar-refractivity contribution in [1.82, 2.24) is 5.32 Å². The Hall–Kier alpha value is -0.740. The third-order valence-electron chi connectivity index (χ3n) is 1.71. The first-order valence-corrected chi connectivity index (χ1v) is 3.75. The fourth-order valence-corrected chi connectivity index (χ4v) is 1.16. The molecule has 1 saturated heterocycles. The monoisotopic (exact) mass is 135 g/mol. The van der Waals surface area contributed by atoms with E-state index in [1.807, 2.05) is 0 Å². The van der Waals surface area contributed by atoms with Gasteiger partial charge in [-0.3, -0.25) is 0 Å². The van der Waals surface area contributed by atoms with Crippen molar-refractivity contribution in [3.63, 3.8) is 0 Å². The van der Waals surface area contributed by atoms with Gasteiger partial charge in [-0.1, -0.05) is 11.6 Å². The van der Waals surface area contributed by atoms with Gasteiger partial charge in [0.15, 0.2) is 0 Å². The molecule has 1 nitrogen and oxygen atoms in total. The molecule has 0 atom stereocenters. The van der Waals surface area contributed by atoms with Crippen LogP contribution in [-0.4, -0.2) is 13.1 Å². The van der Waals surface area contributed by atoms with Gasteiger partial charge in [-0.25, -0.2) is 0 Å². The average Bonchev–Trinajstić information content (AvgIpc) is 2.03. The van der Waals surface area contributed by atoms with Gasteiger partial charge in [0.1, 0.15) is 0 Å². The minimum atomic E-state index is 0.789. The Morgan fingerprint density at radius 3 is 3.20 bits per heavy atom. The molecule has 0 unspecified atom stereocenters. The van der Waals surface area contributed by atoms with Gasteiger partial charge in [-0.2, -0.15) is 0 Å². The highest BCUT2D eigenvalue weighted by molar-refractivity contribution is 5.10. The number of hydrogen-bond acceptors (Lipinski definition) is 1. The Balaban J connectivity index is 2.32. The van der Waals surface area contributed by atoms with Crippen LogP contribution in [0.25, 0.3) is 0 Å². The van der Waals surface area contributed by atoms with E-state index in [0.29, 0.717) is 0 Å². The third-order valence-corrected chi connectivity index (χ3v) is 1.71. The van der Waals surface area contributed by atoms with Crippen molar-refractivity contribution in [3.8, 4) is 12.3 Å². The van der Waals surface area contributed by atoms with Crippen molar-refractivity contribution in [2.24, 2.45) is 0 Å². The molecule has 0 aromatic rings. The van der Waals surface area contributed by atoms with Crippen LogP contribution in [0.4, 0.5) is 0 Å². The Labute approximate surface area is 62.5 Å². The molecule has 10 heavy (non-hydrogen) atoms. The predicted molar refractivity (Wildman–Crippen MR) is 43.6 cm³/mol. The van der Waals surface area contributed by atoms with E-state index in [1.165, 1.54) is 18.4 Å². The van der Waals surface area contributed by atoms with Gasteiger partial charge in [-0.05, 0) is 19.4 Å². The topological polar surface area (TPSA) is 12.0 Å². The van der Waals surface area contributed by atoms with Crippen LogP contribution in [0.2, 0.25) is 0 Å². The van der Waals surface area contributed by atoms with Crippen LogP contribution < -0.4 is 5.32 Å². The molecular weight excluding hydrogens is 122 g/mol. The molecule has 1 aliphatic heterocycles. The Kier molecular flexibility index (Phi) is 3.05. The van der Waals surface area contributed by atoms with Gasteiger partial charge in [0.25, 0.3) is 0 Å². The van der Waals surface area contributed by atoms with Gasteiger partial charge in [0.2, 0.25) is 0 Å². The quantitative estimate of drug-likeness (QED) is 0.422. The van der Waals surface area contributed by atoms with Crippen LogP contribution in [0.5, 0.6) is 0 Å². The summed E-state index contributed by atoms with van der Waals surface area (Å²) in [7, 11) is 0. The fraction of sp³-hybridized carbons (Fsp3) is 0.556. The lowest BCUT2D eigenvalue weighted by atomic mass is 10.1. The van der Waals surface area contributed by atoms with Crippen molar-refractivity contribution < 1.29 is 0 Å². The SMILES string of the molecule is C#CC/C=C1/CCCNC1. The smallest absolute Gasteiger partial charge is 0.0270 e. The lowest BCUT2D eigenvalue weighted by molar-refractivity contribution is 0.608. The second kappa shape index (κ2) is 4.14. The van der Waals surface area contributed by atoms with Gasteiger partial charge in [0.05, 0.1) is 0 Å². The number of allylic oxidation sites excluding steroid dienone is 1. The van der Waals surface area contributed by atoms with Crippen molar-refractivity contribution in [2.75, 3.05) is 13.1 Å². The first-order chi connectivity index (χ1) is 4.93. The Morgan fingerprint density at radius 2 is 2.60 bits per heavy atom. The highest BCUT2D eigenvalue weighted by Gasteiger charge is 2.01. The van der Waals surface area contributed by atoms with E-state index in [4.69, 9.17) is 6.42 Å². The summed E-state index contributed by atoms with van der Waals surface area (Å²) < 4.78 is 0. The third kappa shape index (κ3) is 2.24. The molecule has 0 amide bonds. The number of hydrogen-bond donors (Lipinski definition) is 1. The van der Waals surface area contributed by atoms with Crippen LogP contribution >= 0.6 is 0 Å². The molecule has 0 aromatic carbocycles. The first-order valence-electron chi connectivity index (χ1n) is 3.75. The summed E-state index contributed by atoms with van der Waals surface area (Å²) in [6.07, 6.45) is 10.6. The van der Waals surface area contributed by atoms with Crippen molar-refractivity contribution in [2.45, 2.75) is 19.3 Å². The molecule has 1 fully saturated rings. The molecule has 0 bridgehead atoms. The Bertz CT molecular complexity index is 154. The molecule has 54 valence electrons. The van der Waals surface area contributed by atoms with Crippen LogP contribution in [0.3, 0.4) is 0 Å². The van der Waals surface area contributed by atoms with E-state index < -0.39 is 0 Å².